The van der Waals surface area contributed by atoms with Gasteiger partial charge in [-0.3, -0.25) is 0 Å². The Bertz CT molecular complexity index is 14.0. The molecule has 0 aliphatic rings. The maximum Gasteiger partial charge on any atom is 0 e. The Morgan fingerprint density at radius 3 is 2.00 bits per heavy atom. The Kier molecular flexibility index (Phi) is 16.4. The zero-order valence-corrected chi connectivity index (χ0v) is 3.07. The summed E-state index contributed by atoms with van der Waals surface area (Å²) in [6.07, 6.45) is 2.24. The molecule has 5 heavy (non-hydrogen) atoms. The van der Waals surface area contributed by atoms with E-state index < -0.39 is 0 Å². The van der Waals surface area contributed by atoms with E-state index in [1.54, 1.807) is 6.08 Å². The summed E-state index contributed by atoms with van der Waals surface area (Å²) < 4.78 is 0. The minimum absolute atomic E-state index is 0. The van der Waals surface area contributed by atoms with Gasteiger partial charge in [0.15, 0.2) is 0 Å². The van der Waals surface area contributed by atoms with Crippen LogP contribution in [0.1, 0.15) is 6.42 Å². The number of hydrogen-bond donors (Lipinski definition) is 0. The van der Waals surface area contributed by atoms with E-state index >= 15 is 0 Å². The molecule has 0 fully saturated rings. The molecule has 0 nitrogen and oxygen atoms in total. The summed E-state index contributed by atoms with van der Waals surface area (Å²) in [5, 5.41) is 0. The van der Waals surface area contributed by atoms with Crippen LogP contribution in [0.2, 0.25) is 0 Å². The highest BCUT2D eigenvalue weighted by molar-refractivity contribution is 4.65. The lowest BCUT2D eigenvalue weighted by molar-refractivity contribution is 1.42. The van der Waals surface area contributed by atoms with Crippen LogP contribution in [0.3, 0.4) is 0 Å². The van der Waals surface area contributed by atoms with Crippen molar-refractivity contribution in [1.82, 2.24) is 0 Å². The van der Waals surface area contributed by atoms with E-state index in [9.17, 15) is 0 Å². The molecule has 6 radical (unpaired) electrons. The number of hydrogen-bond acceptors (Lipinski definition) is 0. The predicted octanol–water partition coefficient (Wildman–Crippen LogP) is 1.35. The lowest BCUT2D eigenvalue weighted by atomic mass is 10.5. The first-order valence-corrected chi connectivity index (χ1v) is 1.22. The van der Waals surface area contributed by atoms with Crippen molar-refractivity contribution in [3.05, 3.63) is 27.0 Å². The van der Waals surface area contributed by atoms with Gasteiger partial charge in [0.2, 0.25) is 0 Å². The third-order valence-corrected chi connectivity index (χ3v) is 0.167. The smallest absolute Gasteiger partial charge is 0 e. The summed E-state index contributed by atoms with van der Waals surface area (Å²) in [6.45, 7) is 8.26. The standard InChI is InChI=1S/C4H6.C/c1-3-4-2;/h1,4H,2-3H2;. The monoisotopic (exact) mass is 66.0 g/mol. The van der Waals surface area contributed by atoms with Crippen LogP contribution in [0.25, 0.3) is 0 Å². The molecule has 0 heterocycles. The summed E-state index contributed by atoms with van der Waals surface area (Å²) in [5.41, 5.74) is 0. The minimum Gasteiger partial charge on any atom is -0.103 e. The second-order valence-corrected chi connectivity index (χ2v) is 0.524. The average Bonchev–Trinajstić information content (AvgIpc) is 1.37. The van der Waals surface area contributed by atoms with Gasteiger partial charge in [-0.15, -0.1) is 6.58 Å². The minimum atomic E-state index is 0. The van der Waals surface area contributed by atoms with Crippen molar-refractivity contribution in [2.75, 3.05) is 0 Å². The Morgan fingerprint density at radius 1 is 1.80 bits per heavy atom. The highest BCUT2D eigenvalue weighted by Gasteiger charge is 1.46. The molecule has 0 atom stereocenters. The van der Waals surface area contributed by atoms with E-state index in [2.05, 4.69) is 6.58 Å². The molecule has 0 N–H and O–H groups in total. The molecule has 0 saturated carbocycles. The van der Waals surface area contributed by atoms with Crippen molar-refractivity contribution in [2.45, 2.75) is 6.42 Å². The second kappa shape index (κ2) is 9.27. The van der Waals surface area contributed by atoms with Crippen LogP contribution in [-0.2, 0) is 0 Å². The fourth-order valence-corrected chi connectivity index (χ4v) is 0. The van der Waals surface area contributed by atoms with E-state index in [1.807, 2.05) is 0 Å². The second-order valence-electron chi connectivity index (χ2n) is 0.524. The van der Waals surface area contributed by atoms with Gasteiger partial charge in [0.25, 0.3) is 0 Å². The van der Waals surface area contributed by atoms with Gasteiger partial charge >= 0.3 is 0 Å². The third-order valence-electron chi connectivity index (χ3n) is 0.167. The quantitative estimate of drug-likeness (QED) is 0.405. The van der Waals surface area contributed by atoms with Gasteiger partial charge in [0.05, 0.1) is 0 Å². The highest BCUT2D eigenvalue weighted by Crippen LogP contribution is 1.65. The van der Waals surface area contributed by atoms with Gasteiger partial charge in [-0.25, -0.2) is 0 Å². The molecule has 0 rings (SSSR count). The molecule has 0 aliphatic carbocycles. The lowest BCUT2D eigenvalue weighted by Crippen LogP contribution is -1.37. The maximum atomic E-state index is 4.91. The number of rotatable bonds is 1. The molecule has 0 unspecified atom stereocenters. The first-order valence-electron chi connectivity index (χ1n) is 1.22. The molecular formula is C5H6. The van der Waals surface area contributed by atoms with Crippen molar-refractivity contribution in [3.8, 4) is 0 Å². The lowest BCUT2D eigenvalue weighted by Gasteiger charge is -1.57. The molecule has 0 heteroatoms. The van der Waals surface area contributed by atoms with Gasteiger partial charge in [-0.1, -0.05) is 6.08 Å². The topological polar surface area (TPSA) is 0 Å². The molecule has 0 aromatic rings. The molecule has 0 saturated heterocycles. The van der Waals surface area contributed by atoms with Crippen LogP contribution in [-0.4, -0.2) is 0 Å². The molecule has 0 aromatic carbocycles. The molecule has 0 bridgehead atoms. The van der Waals surface area contributed by atoms with Gasteiger partial charge in [0, 0.05) is 7.43 Å². The Balaban J connectivity index is 0. The summed E-state index contributed by atoms with van der Waals surface area (Å²) in [4.78, 5) is 0. The SMILES string of the molecule is [CH]CC=C.[C]. The maximum absolute atomic E-state index is 4.91. The summed E-state index contributed by atoms with van der Waals surface area (Å²) in [7, 11) is 0. The Labute approximate surface area is 34.5 Å². The van der Waals surface area contributed by atoms with Crippen LogP contribution in [0, 0.1) is 14.4 Å². The molecule has 0 spiro atoms. The largest absolute Gasteiger partial charge is 0.103 e. The van der Waals surface area contributed by atoms with Gasteiger partial charge in [-0.05, 0) is 13.3 Å². The normalized spacial score (nSPS) is 5.00. The fraction of sp³-hybridized carbons (Fsp3) is 0.200. The third kappa shape index (κ3) is 20.7. The molecular weight excluding hydrogens is 60.1 g/mol. The predicted molar refractivity (Wildman–Crippen MR) is 22.4 cm³/mol. The molecule has 26 valence electrons. The summed E-state index contributed by atoms with van der Waals surface area (Å²) >= 11 is 0. The van der Waals surface area contributed by atoms with Crippen LogP contribution < -0.4 is 0 Å². The van der Waals surface area contributed by atoms with Gasteiger partial charge in [0.1, 0.15) is 0 Å². The van der Waals surface area contributed by atoms with Gasteiger partial charge < -0.3 is 0 Å². The van der Waals surface area contributed by atoms with E-state index in [0.717, 1.165) is 0 Å². The fourth-order valence-electron chi connectivity index (χ4n) is 0. The van der Waals surface area contributed by atoms with Crippen LogP contribution in [0.15, 0.2) is 12.7 Å². The van der Waals surface area contributed by atoms with Crippen LogP contribution >= 0.6 is 0 Å². The Hall–Kier alpha value is -0.260. The Morgan fingerprint density at radius 2 is 2.00 bits per heavy atom. The van der Waals surface area contributed by atoms with Crippen LogP contribution in [0.4, 0.5) is 0 Å². The molecule has 0 amide bonds. The van der Waals surface area contributed by atoms with E-state index in [1.165, 1.54) is 0 Å². The van der Waals surface area contributed by atoms with E-state index in [-0.39, 0.29) is 7.43 Å². The van der Waals surface area contributed by atoms with Crippen LogP contribution in [0.5, 0.6) is 0 Å². The van der Waals surface area contributed by atoms with E-state index in [4.69, 9.17) is 6.92 Å². The van der Waals surface area contributed by atoms with Crippen molar-refractivity contribution < 1.29 is 0 Å². The van der Waals surface area contributed by atoms with Gasteiger partial charge in [-0.2, -0.15) is 0 Å². The average molecular weight is 66.1 g/mol. The van der Waals surface area contributed by atoms with Crippen molar-refractivity contribution in [3.63, 3.8) is 0 Å². The van der Waals surface area contributed by atoms with Crippen molar-refractivity contribution in [2.24, 2.45) is 0 Å². The molecule has 0 aromatic heterocycles. The zero-order chi connectivity index (χ0) is 3.41. The van der Waals surface area contributed by atoms with Crippen molar-refractivity contribution >= 4 is 0 Å². The summed E-state index contributed by atoms with van der Waals surface area (Å²) in [6, 6.07) is 0. The summed E-state index contributed by atoms with van der Waals surface area (Å²) in [5.74, 6) is 0. The van der Waals surface area contributed by atoms with E-state index in [0.29, 0.717) is 6.42 Å². The first kappa shape index (κ1) is 8.83. The molecule has 0 aliphatic heterocycles. The zero-order valence-electron chi connectivity index (χ0n) is 3.07. The van der Waals surface area contributed by atoms with Crippen molar-refractivity contribution in [1.29, 1.82) is 0 Å². The number of allylic oxidation sites excluding steroid dienone is 1. The first-order chi connectivity index (χ1) is 1.91. The highest BCUT2D eigenvalue weighted by atomic mass is 13.5.